The number of ether oxygens (including phenoxy) is 1. The van der Waals surface area contributed by atoms with Crippen molar-refractivity contribution < 1.29 is 9.53 Å². The first-order valence-electron chi connectivity index (χ1n) is 9.62. The quantitative estimate of drug-likeness (QED) is 0.625. The van der Waals surface area contributed by atoms with E-state index < -0.39 is 0 Å². The summed E-state index contributed by atoms with van der Waals surface area (Å²) in [4.78, 5) is 14.3. The van der Waals surface area contributed by atoms with E-state index in [4.69, 9.17) is 4.74 Å². The standard InChI is InChI=1S/C21H33NO2/c1-4-5-6-7-8-9-21(23)22-14-12-19(13-15-22)24-20-16-17(2)10-11-18(20)3/h10-11,16,19H,4-9,12-15H2,1-3H3. The largest absolute Gasteiger partial charge is 0.490 e. The molecule has 0 N–H and O–H groups in total. The summed E-state index contributed by atoms with van der Waals surface area (Å²) in [7, 11) is 0. The van der Waals surface area contributed by atoms with Crippen molar-refractivity contribution in [3.8, 4) is 5.75 Å². The number of likely N-dealkylation sites (tertiary alicyclic amines) is 1. The molecule has 1 amide bonds. The summed E-state index contributed by atoms with van der Waals surface area (Å²) in [5.41, 5.74) is 2.41. The minimum Gasteiger partial charge on any atom is -0.490 e. The summed E-state index contributed by atoms with van der Waals surface area (Å²) in [5.74, 6) is 1.33. The third-order valence-electron chi connectivity index (χ3n) is 4.93. The summed E-state index contributed by atoms with van der Waals surface area (Å²) in [5, 5.41) is 0. The van der Waals surface area contributed by atoms with E-state index in [1.807, 2.05) is 4.90 Å². The maximum atomic E-state index is 12.3. The highest BCUT2D eigenvalue weighted by molar-refractivity contribution is 5.76. The molecule has 0 aromatic heterocycles. The number of piperidine rings is 1. The monoisotopic (exact) mass is 331 g/mol. The summed E-state index contributed by atoms with van der Waals surface area (Å²) < 4.78 is 6.18. The molecule has 0 bridgehead atoms. The van der Waals surface area contributed by atoms with Crippen LogP contribution in [0, 0.1) is 13.8 Å². The minimum absolute atomic E-state index is 0.235. The molecular weight excluding hydrogens is 298 g/mol. The van der Waals surface area contributed by atoms with Gasteiger partial charge in [0, 0.05) is 32.4 Å². The van der Waals surface area contributed by atoms with Gasteiger partial charge in [0.1, 0.15) is 11.9 Å². The number of amides is 1. The first-order chi connectivity index (χ1) is 11.6. The van der Waals surface area contributed by atoms with Crippen molar-refractivity contribution in [3.05, 3.63) is 29.3 Å². The zero-order valence-corrected chi connectivity index (χ0v) is 15.6. The van der Waals surface area contributed by atoms with Gasteiger partial charge in [0.15, 0.2) is 0 Å². The fourth-order valence-electron chi connectivity index (χ4n) is 3.27. The highest BCUT2D eigenvalue weighted by Crippen LogP contribution is 2.24. The number of unbranched alkanes of at least 4 members (excludes halogenated alkanes) is 4. The number of hydrogen-bond acceptors (Lipinski definition) is 2. The molecule has 0 aliphatic carbocycles. The lowest BCUT2D eigenvalue weighted by Gasteiger charge is -2.32. The molecule has 1 saturated heterocycles. The van der Waals surface area contributed by atoms with Crippen molar-refractivity contribution in [2.75, 3.05) is 13.1 Å². The first kappa shape index (κ1) is 18.8. The van der Waals surface area contributed by atoms with Gasteiger partial charge in [-0.05, 0) is 37.5 Å². The van der Waals surface area contributed by atoms with Gasteiger partial charge in [0.05, 0.1) is 0 Å². The SMILES string of the molecule is CCCCCCCC(=O)N1CCC(Oc2cc(C)ccc2C)CC1. The topological polar surface area (TPSA) is 29.5 Å². The van der Waals surface area contributed by atoms with Crippen LogP contribution in [0.4, 0.5) is 0 Å². The lowest BCUT2D eigenvalue weighted by Crippen LogP contribution is -2.41. The fourth-order valence-corrected chi connectivity index (χ4v) is 3.27. The summed E-state index contributed by atoms with van der Waals surface area (Å²) in [6.45, 7) is 8.07. The number of rotatable bonds is 8. The molecule has 1 heterocycles. The molecule has 0 radical (unpaired) electrons. The smallest absolute Gasteiger partial charge is 0.222 e. The van der Waals surface area contributed by atoms with Crippen LogP contribution in [0.25, 0.3) is 0 Å². The van der Waals surface area contributed by atoms with Crippen LogP contribution < -0.4 is 4.74 Å². The summed E-state index contributed by atoms with van der Waals surface area (Å²) in [6.07, 6.45) is 8.85. The van der Waals surface area contributed by atoms with Gasteiger partial charge in [0.25, 0.3) is 0 Å². The van der Waals surface area contributed by atoms with E-state index in [1.54, 1.807) is 0 Å². The molecule has 0 unspecified atom stereocenters. The Morgan fingerprint density at radius 3 is 2.54 bits per heavy atom. The van der Waals surface area contributed by atoms with Crippen molar-refractivity contribution in [1.29, 1.82) is 0 Å². The van der Waals surface area contributed by atoms with Crippen molar-refractivity contribution >= 4 is 5.91 Å². The van der Waals surface area contributed by atoms with Gasteiger partial charge in [-0.1, -0.05) is 44.7 Å². The van der Waals surface area contributed by atoms with Crippen molar-refractivity contribution in [1.82, 2.24) is 4.90 Å². The summed E-state index contributed by atoms with van der Waals surface area (Å²) in [6, 6.07) is 6.34. The van der Waals surface area contributed by atoms with Crippen LogP contribution in [0.5, 0.6) is 5.75 Å². The van der Waals surface area contributed by atoms with Crippen LogP contribution >= 0.6 is 0 Å². The lowest BCUT2D eigenvalue weighted by atomic mass is 10.1. The molecular formula is C21H33NO2. The Balaban J connectivity index is 1.71. The van der Waals surface area contributed by atoms with Crippen LogP contribution in [-0.2, 0) is 4.79 Å². The van der Waals surface area contributed by atoms with Gasteiger partial charge in [0.2, 0.25) is 5.91 Å². The van der Waals surface area contributed by atoms with E-state index in [9.17, 15) is 4.79 Å². The number of carbonyl (C=O) groups is 1. The van der Waals surface area contributed by atoms with Crippen LogP contribution in [0.15, 0.2) is 18.2 Å². The predicted molar refractivity (Wildman–Crippen MR) is 99.5 cm³/mol. The first-order valence-corrected chi connectivity index (χ1v) is 9.62. The molecule has 1 aliphatic heterocycles. The number of hydrogen-bond donors (Lipinski definition) is 0. The van der Waals surface area contributed by atoms with Crippen molar-refractivity contribution in [2.45, 2.75) is 78.2 Å². The molecule has 1 fully saturated rings. The second kappa shape index (κ2) is 9.71. The number of nitrogens with zero attached hydrogens (tertiary/aromatic N) is 1. The van der Waals surface area contributed by atoms with Crippen LogP contribution in [-0.4, -0.2) is 30.0 Å². The lowest BCUT2D eigenvalue weighted by molar-refractivity contribution is -0.133. The fraction of sp³-hybridized carbons (Fsp3) is 0.667. The van der Waals surface area contributed by atoms with Crippen molar-refractivity contribution in [3.63, 3.8) is 0 Å². The highest BCUT2D eigenvalue weighted by atomic mass is 16.5. The molecule has 3 nitrogen and oxygen atoms in total. The van der Waals surface area contributed by atoms with Crippen LogP contribution in [0.1, 0.15) is 69.4 Å². The molecule has 0 spiro atoms. The summed E-state index contributed by atoms with van der Waals surface area (Å²) >= 11 is 0. The Hall–Kier alpha value is -1.51. The van der Waals surface area contributed by atoms with Crippen LogP contribution in [0.2, 0.25) is 0 Å². The Bertz CT molecular complexity index is 519. The van der Waals surface area contributed by atoms with E-state index in [2.05, 4.69) is 39.0 Å². The Morgan fingerprint density at radius 2 is 1.83 bits per heavy atom. The molecule has 0 saturated carbocycles. The normalized spacial score (nSPS) is 15.5. The minimum atomic E-state index is 0.235. The van der Waals surface area contributed by atoms with Gasteiger partial charge in [-0.25, -0.2) is 0 Å². The number of benzene rings is 1. The van der Waals surface area contributed by atoms with Crippen molar-refractivity contribution in [2.24, 2.45) is 0 Å². The molecule has 24 heavy (non-hydrogen) atoms. The zero-order chi connectivity index (χ0) is 17.4. The van der Waals surface area contributed by atoms with E-state index in [0.717, 1.165) is 38.1 Å². The van der Waals surface area contributed by atoms with Gasteiger partial charge in [-0.2, -0.15) is 0 Å². The maximum Gasteiger partial charge on any atom is 0.222 e. The highest BCUT2D eigenvalue weighted by Gasteiger charge is 2.23. The molecule has 1 aromatic rings. The van der Waals surface area contributed by atoms with Crippen LogP contribution in [0.3, 0.4) is 0 Å². The Kier molecular flexibility index (Phi) is 7.61. The number of aryl methyl sites for hydroxylation is 2. The average Bonchev–Trinajstić information content (AvgIpc) is 2.58. The molecule has 0 atom stereocenters. The Morgan fingerprint density at radius 1 is 1.12 bits per heavy atom. The van der Waals surface area contributed by atoms with Gasteiger partial charge >= 0.3 is 0 Å². The van der Waals surface area contributed by atoms with Gasteiger partial charge < -0.3 is 9.64 Å². The van der Waals surface area contributed by atoms with Gasteiger partial charge in [-0.3, -0.25) is 4.79 Å². The third kappa shape index (κ3) is 5.85. The Labute approximate surface area is 147 Å². The third-order valence-corrected chi connectivity index (χ3v) is 4.93. The molecule has 1 aromatic carbocycles. The maximum absolute atomic E-state index is 12.3. The van der Waals surface area contributed by atoms with E-state index in [1.165, 1.54) is 36.8 Å². The van der Waals surface area contributed by atoms with E-state index in [0.29, 0.717) is 12.3 Å². The molecule has 2 rings (SSSR count). The van der Waals surface area contributed by atoms with E-state index >= 15 is 0 Å². The zero-order valence-electron chi connectivity index (χ0n) is 15.6. The predicted octanol–water partition coefficient (Wildman–Crippen LogP) is 5.03. The van der Waals surface area contributed by atoms with E-state index in [-0.39, 0.29) is 6.10 Å². The average molecular weight is 332 g/mol. The molecule has 134 valence electrons. The molecule has 1 aliphatic rings. The second-order valence-electron chi connectivity index (χ2n) is 7.13. The van der Waals surface area contributed by atoms with Gasteiger partial charge in [-0.15, -0.1) is 0 Å². The second-order valence-corrected chi connectivity index (χ2v) is 7.13. The molecule has 3 heteroatoms. The number of carbonyl (C=O) groups excluding carboxylic acids is 1.